The van der Waals surface area contributed by atoms with E-state index in [1.807, 2.05) is 19.1 Å². The number of nitrogens with one attached hydrogen (secondary N) is 1. The summed E-state index contributed by atoms with van der Waals surface area (Å²) in [5, 5.41) is 21.6. The molecule has 5 aromatic rings. The number of amides is 3. The molecule has 0 radical (unpaired) electrons. The number of anilines is 1. The predicted molar refractivity (Wildman–Crippen MR) is 168 cm³/mol. The van der Waals surface area contributed by atoms with E-state index in [1.54, 1.807) is 59.2 Å². The van der Waals surface area contributed by atoms with Gasteiger partial charge in [0, 0.05) is 34.2 Å². The number of carbonyl (C=O) groups is 3. The van der Waals surface area contributed by atoms with Crippen LogP contribution in [0, 0.1) is 6.92 Å². The van der Waals surface area contributed by atoms with E-state index in [-0.39, 0.29) is 25.2 Å². The van der Waals surface area contributed by atoms with E-state index in [4.69, 9.17) is 5.73 Å². The molecule has 1 fully saturated rings. The molecule has 1 saturated heterocycles. The maximum Gasteiger partial charge on any atom is 0.269 e. The summed E-state index contributed by atoms with van der Waals surface area (Å²) in [6.07, 6.45) is 1.63. The van der Waals surface area contributed by atoms with Crippen LogP contribution in [0.2, 0.25) is 0 Å². The largest absolute Gasteiger partial charge is 0.364 e. The van der Waals surface area contributed by atoms with Crippen molar-refractivity contribution in [1.29, 1.82) is 0 Å². The number of fused-ring (bicyclic) bond motifs is 2. The van der Waals surface area contributed by atoms with Crippen LogP contribution < -0.4 is 11.1 Å². The number of primary amides is 1. The number of likely N-dealkylation sites (tertiary alicyclic amines) is 1. The summed E-state index contributed by atoms with van der Waals surface area (Å²) in [6.45, 7) is 2.08. The summed E-state index contributed by atoms with van der Waals surface area (Å²) in [7, 11) is 0. The van der Waals surface area contributed by atoms with Crippen LogP contribution in [0.4, 0.5) is 10.1 Å². The number of alkyl halides is 1. The number of hydrogen-bond donors (Lipinski definition) is 2. The Bertz CT molecular complexity index is 2020. The number of nitrogens with two attached hydrogens (primary N) is 1. The lowest BCUT2D eigenvalue weighted by molar-refractivity contribution is -0.137. The van der Waals surface area contributed by atoms with E-state index in [2.05, 4.69) is 30.7 Å². The monoisotopic (exact) mass is 626 g/mol. The Morgan fingerprint density at radius 2 is 1.89 bits per heavy atom. The number of aromatic nitrogens is 6. The minimum Gasteiger partial charge on any atom is -0.364 e. The highest BCUT2D eigenvalue weighted by Crippen LogP contribution is 2.29. The molecule has 2 atom stereocenters. The fourth-order valence-electron chi connectivity index (χ4n) is 5.82. The first-order chi connectivity index (χ1) is 21.8. The number of carbonyl (C=O) groups excluding carboxylic acids is 3. The lowest BCUT2D eigenvalue weighted by Gasteiger charge is -2.23. The minimum absolute atomic E-state index is 0.00615. The van der Waals surface area contributed by atoms with E-state index in [0.717, 1.165) is 45.2 Å². The van der Waals surface area contributed by atoms with Gasteiger partial charge in [0.1, 0.15) is 18.8 Å². The highest BCUT2D eigenvalue weighted by molar-refractivity contribution is 8.14. The van der Waals surface area contributed by atoms with Crippen molar-refractivity contribution < 1.29 is 18.8 Å². The molecule has 228 valence electrons. The maximum absolute atomic E-state index is 14.7. The fourth-order valence-corrected chi connectivity index (χ4v) is 6.63. The number of rotatable bonds is 6. The van der Waals surface area contributed by atoms with E-state index >= 15 is 0 Å². The number of aliphatic imine (C=N–C) groups is 1. The molecule has 45 heavy (non-hydrogen) atoms. The summed E-state index contributed by atoms with van der Waals surface area (Å²) in [4.78, 5) is 45.0. The van der Waals surface area contributed by atoms with Crippen molar-refractivity contribution in [3.63, 3.8) is 0 Å². The molecular weight excluding hydrogens is 599 g/mol. The van der Waals surface area contributed by atoms with Crippen LogP contribution in [0.25, 0.3) is 32.9 Å². The molecule has 2 aliphatic rings. The molecule has 3 aromatic heterocycles. The summed E-state index contributed by atoms with van der Waals surface area (Å²) >= 11 is 1.64. The van der Waals surface area contributed by atoms with E-state index < -0.39 is 29.9 Å². The van der Waals surface area contributed by atoms with Gasteiger partial charge in [-0.05, 0) is 48.9 Å². The Balaban J connectivity index is 1.12. The third-order valence-corrected chi connectivity index (χ3v) is 8.89. The van der Waals surface area contributed by atoms with Crippen LogP contribution >= 0.6 is 11.8 Å². The van der Waals surface area contributed by atoms with E-state index in [0.29, 0.717) is 16.6 Å². The fraction of sp³-hybridized carbons (Fsp3) is 0.267. The molecule has 3 N–H and O–H groups in total. The van der Waals surface area contributed by atoms with Crippen LogP contribution in [0.1, 0.15) is 22.6 Å². The van der Waals surface area contributed by atoms with Gasteiger partial charge in [0.2, 0.25) is 11.8 Å². The second-order valence-electron chi connectivity index (χ2n) is 10.9. The van der Waals surface area contributed by atoms with Crippen LogP contribution in [-0.2, 0) is 16.1 Å². The first-order valence-corrected chi connectivity index (χ1v) is 15.2. The lowest BCUT2D eigenvalue weighted by Crippen LogP contribution is -2.44. The summed E-state index contributed by atoms with van der Waals surface area (Å²) in [5.41, 5.74) is 9.79. The molecule has 2 unspecified atom stereocenters. The van der Waals surface area contributed by atoms with Crippen molar-refractivity contribution >= 4 is 62.1 Å². The summed E-state index contributed by atoms with van der Waals surface area (Å²) < 4.78 is 17.9. The van der Waals surface area contributed by atoms with Crippen molar-refractivity contribution in [2.24, 2.45) is 10.7 Å². The number of thioether (sulfide) groups is 1. The van der Waals surface area contributed by atoms with Gasteiger partial charge in [0.05, 0.1) is 42.2 Å². The van der Waals surface area contributed by atoms with Gasteiger partial charge in [0.25, 0.3) is 5.91 Å². The van der Waals surface area contributed by atoms with Gasteiger partial charge < -0.3 is 16.0 Å². The van der Waals surface area contributed by atoms with Crippen molar-refractivity contribution in [1.82, 2.24) is 34.7 Å². The van der Waals surface area contributed by atoms with E-state index in [1.165, 1.54) is 9.58 Å². The zero-order valence-electron chi connectivity index (χ0n) is 24.1. The molecule has 7 rings (SSSR count). The number of halogens is 1. The van der Waals surface area contributed by atoms with Gasteiger partial charge >= 0.3 is 0 Å². The molecule has 2 aliphatic heterocycles. The highest BCUT2D eigenvalue weighted by Gasteiger charge is 2.40. The summed E-state index contributed by atoms with van der Waals surface area (Å²) in [5.74, 6) is -0.862. The first kappa shape index (κ1) is 28.6. The first-order valence-electron chi connectivity index (χ1n) is 14.3. The van der Waals surface area contributed by atoms with Crippen molar-refractivity contribution in [2.75, 3.05) is 24.2 Å². The van der Waals surface area contributed by atoms with Gasteiger partial charge in [-0.3, -0.25) is 24.1 Å². The highest BCUT2D eigenvalue weighted by atomic mass is 32.2. The second kappa shape index (κ2) is 11.4. The van der Waals surface area contributed by atoms with Crippen molar-refractivity contribution in [2.45, 2.75) is 32.1 Å². The SMILES string of the molecule is Cc1nn(C2=NCCS2)c2ccc(NC(=O)C3CC(F)CN3C(=O)Cn3nc(C(N)=O)c4cc(-c5ccnnc5)ccc43)cc12. The Kier molecular flexibility index (Phi) is 7.23. The molecule has 15 heteroatoms. The van der Waals surface area contributed by atoms with Crippen LogP contribution in [0.5, 0.6) is 0 Å². The zero-order valence-corrected chi connectivity index (χ0v) is 24.9. The molecular formula is C30H27FN10O3S. The molecule has 3 amide bonds. The number of hydrogen-bond acceptors (Lipinski definition) is 9. The smallest absolute Gasteiger partial charge is 0.269 e. The molecule has 2 aromatic carbocycles. The molecule has 5 heterocycles. The Morgan fingerprint density at radius 3 is 2.64 bits per heavy atom. The third kappa shape index (κ3) is 5.28. The number of aryl methyl sites for hydroxylation is 1. The third-order valence-electron chi connectivity index (χ3n) is 7.94. The zero-order chi connectivity index (χ0) is 31.2. The topological polar surface area (TPSA) is 166 Å². The van der Waals surface area contributed by atoms with Crippen LogP contribution in [-0.4, -0.2) is 88.6 Å². The molecule has 0 spiro atoms. The Labute approximate surface area is 259 Å². The molecule has 0 aliphatic carbocycles. The predicted octanol–water partition coefficient (Wildman–Crippen LogP) is 2.78. The van der Waals surface area contributed by atoms with Crippen LogP contribution in [0.15, 0.2) is 59.9 Å². The normalized spacial score (nSPS) is 18.1. The average Bonchev–Trinajstić information content (AvgIpc) is 3.84. The molecule has 0 saturated carbocycles. The average molecular weight is 627 g/mol. The van der Waals surface area contributed by atoms with Crippen molar-refractivity contribution in [3.8, 4) is 11.1 Å². The quantitative estimate of drug-likeness (QED) is 0.290. The van der Waals surface area contributed by atoms with Gasteiger partial charge in [-0.25, -0.2) is 9.07 Å². The van der Waals surface area contributed by atoms with Crippen LogP contribution in [0.3, 0.4) is 0 Å². The van der Waals surface area contributed by atoms with Crippen molar-refractivity contribution in [3.05, 3.63) is 66.2 Å². The standard InChI is InChI=1S/C30H27FN10O3S/c1-16-21-12-20(3-5-24(21)41(37-16)30-33-8-9-45-30)36-29(44)25-11-19(31)14-39(25)26(42)15-40-23-4-2-17(18-6-7-34-35-13-18)10-22(23)27(38-40)28(32)43/h2-7,10,12-13,19,25H,8-9,11,14-15H2,1H3,(H2,32,43)(H,36,44). The Morgan fingerprint density at radius 1 is 1.04 bits per heavy atom. The number of nitrogens with zero attached hydrogens (tertiary/aromatic N) is 8. The van der Waals surface area contributed by atoms with Gasteiger partial charge in [-0.1, -0.05) is 17.8 Å². The van der Waals surface area contributed by atoms with Gasteiger partial charge in [-0.2, -0.15) is 20.4 Å². The lowest BCUT2D eigenvalue weighted by atomic mass is 10.0. The molecule has 13 nitrogen and oxygen atoms in total. The summed E-state index contributed by atoms with van der Waals surface area (Å²) in [6, 6.07) is 11.4. The maximum atomic E-state index is 14.7. The second-order valence-corrected chi connectivity index (χ2v) is 11.9. The van der Waals surface area contributed by atoms with Gasteiger partial charge in [-0.15, -0.1) is 0 Å². The minimum atomic E-state index is -1.37. The Hall–Kier alpha value is -5.18. The molecule has 0 bridgehead atoms. The van der Waals surface area contributed by atoms with E-state index in [9.17, 15) is 18.8 Å². The van der Waals surface area contributed by atoms with Gasteiger partial charge in [0.15, 0.2) is 10.9 Å². The number of benzene rings is 2.